The second-order valence-corrected chi connectivity index (χ2v) is 21.0. The van der Waals surface area contributed by atoms with Crippen LogP contribution in [-0.4, -0.2) is 37.2 Å². The van der Waals surface area contributed by atoms with Crippen LogP contribution in [0, 0.1) is 0 Å². The summed E-state index contributed by atoms with van der Waals surface area (Å²) >= 11 is 0. The normalized spacial score (nSPS) is 12.0. The molecule has 0 heterocycles. The summed E-state index contributed by atoms with van der Waals surface area (Å²) in [5.74, 6) is -0.846. The minimum atomic E-state index is -0.768. The predicted octanol–water partition coefficient (Wildman–Crippen LogP) is 20.5. The van der Waals surface area contributed by atoms with Gasteiger partial charge in [-0.15, -0.1) is 0 Å². The number of carbonyl (C=O) groups is 3. The molecule has 0 aromatic heterocycles. The van der Waals surface area contributed by atoms with E-state index in [9.17, 15) is 14.4 Å². The van der Waals surface area contributed by atoms with Gasteiger partial charge in [0.15, 0.2) is 6.10 Å². The van der Waals surface area contributed by atoms with Gasteiger partial charge in [-0.3, -0.25) is 14.4 Å². The van der Waals surface area contributed by atoms with E-state index in [4.69, 9.17) is 14.2 Å². The molecule has 0 aliphatic carbocycles. The summed E-state index contributed by atoms with van der Waals surface area (Å²) in [6.07, 6.45) is 66.3. The first-order valence-electron chi connectivity index (χ1n) is 30.7. The van der Waals surface area contributed by atoms with E-state index < -0.39 is 6.10 Å². The van der Waals surface area contributed by atoms with Crippen LogP contribution in [0.2, 0.25) is 0 Å². The number of esters is 3. The Morgan fingerprint density at radius 3 is 0.735 bits per heavy atom. The summed E-state index contributed by atoms with van der Waals surface area (Å²) in [7, 11) is 0. The number of hydrogen-bond acceptors (Lipinski definition) is 6. The SMILES string of the molecule is CCCCCCCCC/C=C\CCCCCCCC(=O)OC[C@H](COC(=O)CCCCCCCCCCCCCCCCCCC)OC(=O)CCCCCCCCCCCCCCCCCCC. The Hall–Kier alpha value is -1.85. The molecule has 68 heavy (non-hydrogen) atoms. The summed E-state index contributed by atoms with van der Waals surface area (Å²) in [4.78, 5) is 38.2. The number of ether oxygens (including phenoxy) is 3. The molecule has 0 radical (unpaired) electrons. The van der Waals surface area contributed by atoms with Crippen LogP contribution >= 0.6 is 0 Å². The van der Waals surface area contributed by atoms with E-state index in [0.29, 0.717) is 19.3 Å². The quantitative estimate of drug-likeness (QED) is 0.0262. The summed E-state index contributed by atoms with van der Waals surface area (Å²) in [5, 5.41) is 0. The standard InChI is InChI=1S/C62H118O6/c1-4-7-10-13-16-19-22-25-28-31-34-37-40-43-46-49-52-55-61(64)67-58-59(57-66-60(63)54-51-48-45-42-39-36-33-30-27-24-21-18-15-12-9-6-3)68-62(65)56-53-50-47-44-41-38-35-32-29-26-23-20-17-14-11-8-5-2/h30,33,59H,4-29,31-32,34-58H2,1-3H3/b33-30-/t59-/m1/s1. The Kier molecular flexibility index (Phi) is 56.2. The zero-order valence-corrected chi connectivity index (χ0v) is 46.2. The molecule has 0 fully saturated rings. The third kappa shape index (κ3) is 55.1. The molecule has 0 N–H and O–H groups in total. The lowest BCUT2D eigenvalue weighted by atomic mass is 10.0. The van der Waals surface area contributed by atoms with Gasteiger partial charge in [-0.1, -0.05) is 296 Å². The molecule has 0 aromatic rings. The van der Waals surface area contributed by atoms with Gasteiger partial charge in [-0.05, 0) is 44.9 Å². The Morgan fingerprint density at radius 2 is 0.485 bits per heavy atom. The van der Waals surface area contributed by atoms with Crippen LogP contribution in [0.5, 0.6) is 0 Å². The zero-order valence-electron chi connectivity index (χ0n) is 46.2. The Labute approximate surface area is 424 Å². The lowest BCUT2D eigenvalue weighted by molar-refractivity contribution is -0.167. The number of hydrogen-bond donors (Lipinski definition) is 0. The number of unbranched alkanes of at least 4 members (excludes halogenated alkanes) is 44. The van der Waals surface area contributed by atoms with Gasteiger partial charge in [0, 0.05) is 19.3 Å². The molecule has 1 atom stereocenters. The van der Waals surface area contributed by atoms with Crippen LogP contribution < -0.4 is 0 Å². The topological polar surface area (TPSA) is 78.9 Å². The lowest BCUT2D eigenvalue weighted by Crippen LogP contribution is -2.30. The lowest BCUT2D eigenvalue weighted by Gasteiger charge is -2.18. The van der Waals surface area contributed by atoms with Crippen molar-refractivity contribution in [2.24, 2.45) is 0 Å². The fraction of sp³-hybridized carbons (Fsp3) is 0.919. The molecule has 0 aromatic carbocycles. The molecule has 0 aliphatic heterocycles. The molecule has 6 heteroatoms. The van der Waals surface area contributed by atoms with Gasteiger partial charge in [0.05, 0.1) is 0 Å². The second kappa shape index (κ2) is 57.7. The van der Waals surface area contributed by atoms with Crippen molar-refractivity contribution in [3.8, 4) is 0 Å². The van der Waals surface area contributed by atoms with Crippen molar-refractivity contribution in [1.29, 1.82) is 0 Å². The van der Waals surface area contributed by atoms with Gasteiger partial charge in [0.1, 0.15) is 13.2 Å². The van der Waals surface area contributed by atoms with Crippen LogP contribution in [0.1, 0.15) is 348 Å². The smallest absolute Gasteiger partial charge is 0.306 e. The largest absolute Gasteiger partial charge is 0.462 e. The van der Waals surface area contributed by atoms with Crippen LogP contribution in [0.3, 0.4) is 0 Å². The van der Waals surface area contributed by atoms with Crippen LogP contribution in [-0.2, 0) is 28.6 Å². The highest BCUT2D eigenvalue weighted by Crippen LogP contribution is 2.18. The van der Waals surface area contributed by atoms with E-state index >= 15 is 0 Å². The van der Waals surface area contributed by atoms with Gasteiger partial charge in [-0.2, -0.15) is 0 Å². The highest BCUT2D eigenvalue weighted by molar-refractivity contribution is 5.71. The highest BCUT2D eigenvalue weighted by Gasteiger charge is 2.19. The average molecular weight is 960 g/mol. The van der Waals surface area contributed by atoms with Crippen molar-refractivity contribution < 1.29 is 28.6 Å². The fourth-order valence-corrected chi connectivity index (χ4v) is 9.38. The molecule has 0 amide bonds. The van der Waals surface area contributed by atoms with Gasteiger partial charge in [0.2, 0.25) is 0 Å². The summed E-state index contributed by atoms with van der Waals surface area (Å²) < 4.78 is 16.9. The maximum absolute atomic E-state index is 12.9. The van der Waals surface area contributed by atoms with E-state index in [-0.39, 0.29) is 31.1 Å². The number of rotatable bonds is 57. The van der Waals surface area contributed by atoms with Crippen molar-refractivity contribution in [3.63, 3.8) is 0 Å². The zero-order chi connectivity index (χ0) is 49.3. The Balaban J connectivity index is 4.32. The van der Waals surface area contributed by atoms with Crippen molar-refractivity contribution >= 4 is 17.9 Å². The van der Waals surface area contributed by atoms with Crippen molar-refractivity contribution in [3.05, 3.63) is 12.2 Å². The van der Waals surface area contributed by atoms with E-state index in [1.807, 2.05) is 0 Å². The first-order valence-corrected chi connectivity index (χ1v) is 30.7. The third-order valence-corrected chi connectivity index (χ3v) is 14.0. The molecule has 0 bridgehead atoms. The molecule has 0 rings (SSSR count). The molecule has 0 saturated heterocycles. The Bertz CT molecular complexity index is 1060. The van der Waals surface area contributed by atoms with Crippen LogP contribution in [0.4, 0.5) is 0 Å². The maximum atomic E-state index is 12.9. The summed E-state index contributed by atoms with van der Waals surface area (Å²) in [5.41, 5.74) is 0. The fourth-order valence-electron chi connectivity index (χ4n) is 9.38. The molecule has 402 valence electrons. The number of allylic oxidation sites excluding steroid dienone is 2. The second-order valence-electron chi connectivity index (χ2n) is 21.0. The monoisotopic (exact) mass is 959 g/mol. The van der Waals surface area contributed by atoms with Gasteiger partial charge < -0.3 is 14.2 Å². The van der Waals surface area contributed by atoms with Crippen molar-refractivity contribution in [2.75, 3.05) is 13.2 Å². The highest BCUT2D eigenvalue weighted by atomic mass is 16.6. The van der Waals surface area contributed by atoms with Gasteiger partial charge in [-0.25, -0.2) is 0 Å². The first kappa shape index (κ1) is 66.2. The third-order valence-electron chi connectivity index (χ3n) is 14.0. The minimum absolute atomic E-state index is 0.0661. The molecule has 0 spiro atoms. The van der Waals surface area contributed by atoms with E-state index in [0.717, 1.165) is 64.2 Å². The molecule has 0 aliphatic rings. The van der Waals surface area contributed by atoms with E-state index in [1.165, 1.54) is 244 Å². The Morgan fingerprint density at radius 1 is 0.279 bits per heavy atom. The summed E-state index contributed by atoms with van der Waals surface area (Å²) in [6, 6.07) is 0. The molecule has 0 saturated carbocycles. The van der Waals surface area contributed by atoms with Crippen molar-refractivity contribution in [1.82, 2.24) is 0 Å². The van der Waals surface area contributed by atoms with Crippen LogP contribution in [0.25, 0.3) is 0 Å². The maximum Gasteiger partial charge on any atom is 0.306 e. The summed E-state index contributed by atoms with van der Waals surface area (Å²) in [6.45, 7) is 6.70. The van der Waals surface area contributed by atoms with E-state index in [2.05, 4.69) is 32.9 Å². The molecular formula is C62H118O6. The minimum Gasteiger partial charge on any atom is -0.462 e. The molecule has 6 nitrogen and oxygen atoms in total. The van der Waals surface area contributed by atoms with Crippen molar-refractivity contribution in [2.45, 2.75) is 354 Å². The van der Waals surface area contributed by atoms with E-state index in [1.54, 1.807) is 0 Å². The predicted molar refractivity (Wildman–Crippen MR) is 293 cm³/mol. The first-order chi connectivity index (χ1) is 33.5. The molecule has 0 unspecified atom stereocenters. The number of carbonyl (C=O) groups excluding carboxylic acids is 3. The molecular weight excluding hydrogens is 841 g/mol. The van der Waals surface area contributed by atoms with Gasteiger partial charge in [0.25, 0.3) is 0 Å². The van der Waals surface area contributed by atoms with Gasteiger partial charge >= 0.3 is 17.9 Å². The average Bonchev–Trinajstić information content (AvgIpc) is 3.34. The van der Waals surface area contributed by atoms with Crippen LogP contribution in [0.15, 0.2) is 12.2 Å².